The third kappa shape index (κ3) is 7.45. The van der Waals surface area contributed by atoms with E-state index in [9.17, 15) is 14.4 Å². The van der Waals surface area contributed by atoms with Gasteiger partial charge in [0.1, 0.15) is 5.92 Å². The van der Waals surface area contributed by atoms with Crippen LogP contribution in [0.25, 0.3) is 0 Å². The predicted molar refractivity (Wildman–Crippen MR) is 99.0 cm³/mol. The number of likely N-dealkylation sites (tertiary alicyclic amines) is 1. The first-order valence-electron chi connectivity index (χ1n) is 9.50. The van der Waals surface area contributed by atoms with E-state index in [1.165, 1.54) is 0 Å². The predicted octanol–water partition coefficient (Wildman–Crippen LogP) is 2.18. The van der Waals surface area contributed by atoms with E-state index < -0.39 is 5.92 Å². The molecule has 1 aliphatic rings. The van der Waals surface area contributed by atoms with Crippen molar-refractivity contribution < 1.29 is 14.4 Å². The van der Waals surface area contributed by atoms with Crippen LogP contribution in [-0.4, -0.2) is 59.7 Å². The number of piperidine rings is 1. The Bertz CT molecular complexity index is 465. The van der Waals surface area contributed by atoms with Crippen LogP contribution in [0.2, 0.25) is 0 Å². The number of unbranched alkanes of at least 4 members (excludes halogenated alkanes) is 1. The highest BCUT2D eigenvalue weighted by molar-refractivity contribution is 6.03. The molecule has 0 aromatic heterocycles. The summed E-state index contributed by atoms with van der Waals surface area (Å²) in [6.07, 6.45) is 4.83. The summed E-state index contributed by atoms with van der Waals surface area (Å²) in [6, 6.07) is 0. The zero-order valence-electron chi connectivity index (χ0n) is 16.6. The molecule has 0 radical (unpaired) electrons. The standard InChI is InChI=1S/C19H35N3O3/c1-6-7-11-21(5)17(24)15(14-16(23)20-19(2,3)4)18(25)22-12-9-8-10-13-22/h15H,6-14H2,1-5H3,(H,20,23). The molecule has 1 heterocycles. The van der Waals surface area contributed by atoms with Crippen LogP contribution in [-0.2, 0) is 14.4 Å². The van der Waals surface area contributed by atoms with E-state index in [1.807, 2.05) is 20.8 Å². The highest BCUT2D eigenvalue weighted by atomic mass is 16.2. The monoisotopic (exact) mass is 353 g/mol. The molecule has 6 nitrogen and oxygen atoms in total. The average Bonchev–Trinajstić information content (AvgIpc) is 2.55. The van der Waals surface area contributed by atoms with Gasteiger partial charge >= 0.3 is 0 Å². The van der Waals surface area contributed by atoms with E-state index in [-0.39, 0.29) is 29.7 Å². The molecule has 1 atom stereocenters. The number of carbonyl (C=O) groups excluding carboxylic acids is 3. The molecule has 1 fully saturated rings. The van der Waals surface area contributed by atoms with Crippen LogP contribution >= 0.6 is 0 Å². The fourth-order valence-electron chi connectivity index (χ4n) is 3.04. The summed E-state index contributed by atoms with van der Waals surface area (Å²) >= 11 is 0. The quantitative estimate of drug-likeness (QED) is 0.713. The number of rotatable bonds is 7. The number of hydrogen-bond donors (Lipinski definition) is 1. The normalized spacial score (nSPS) is 16.3. The smallest absolute Gasteiger partial charge is 0.235 e. The maximum absolute atomic E-state index is 12.9. The Balaban J connectivity index is 2.86. The third-order valence-electron chi connectivity index (χ3n) is 4.39. The van der Waals surface area contributed by atoms with Crippen LogP contribution in [0, 0.1) is 5.92 Å². The lowest BCUT2D eigenvalue weighted by molar-refractivity contribution is -0.149. The number of hydrogen-bond acceptors (Lipinski definition) is 3. The van der Waals surface area contributed by atoms with E-state index in [4.69, 9.17) is 0 Å². The Hall–Kier alpha value is -1.59. The van der Waals surface area contributed by atoms with Crippen LogP contribution in [0.1, 0.15) is 66.2 Å². The van der Waals surface area contributed by atoms with Crippen molar-refractivity contribution in [2.75, 3.05) is 26.7 Å². The van der Waals surface area contributed by atoms with Crippen LogP contribution in [0.3, 0.4) is 0 Å². The number of amides is 3. The van der Waals surface area contributed by atoms with Gasteiger partial charge in [-0.15, -0.1) is 0 Å². The number of nitrogens with zero attached hydrogens (tertiary/aromatic N) is 2. The van der Waals surface area contributed by atoms with Crippen molar-refractivity contribution in [2.45, 2.75) is 71.8 Å². The summed E-state index contributed by atoms with van der Waals surface area (Å²) in [5.41, 5.74) is -0.382. The van der Waals surface area contributed by atoms with Gasteiger partial charge < -0.3 is 15.1 Å². The van der Waals surface area contributed by atoms with Crippen molar-refractivity contribution in [1.29, 1.82) is 0 Å². The van der Waals surface area contributed by atoms with Crippen LogP contribution in [0.15, 0.2) is 0 Å². The van der Waals surface area contributed by atoms with Crippen molar-refractivity contribution in [2.24, 2.45) is 5.92 Å². The molecule has 0 spiro atoms. The molecule has 0 aliphatic carbocycles. The van der Waals surface area contributed by atoms with Crippen LogP contribution in [0.4, 0.5) is 0 Å². The Morgan fingerprint density at radius 1 is 1.12 bits per heavy atom. The molecule has 25 heavy (non-hydrogen) atoms. The molecular weight excluding hydrogens is 318 g/mol. The van der Waals surface area contributed by atoms with Crippen molar-refractivity contribution >= 4 is 17.7 Å². The minimum absolute atomic E-state index is 0.0814. The molecule has 0 aromatic rings. The first-order valence-corrected chi connectivity index (χ1v) is 9.50. The maximum Gasteiger partial charge on any atom is 0.235 e. The second kappa shape index (κ2) is 9.78. The summed E-state index contributed by atoms with van der Waals surface area (Å²) in [6.45, 7) is 9.71. The fraction of sp³-hybridized carbons (Fsp3) is 0.842. The summed E-state index contributed by atoms with van der Waals surface area (Å²) in [5, 5.41) is 2.86. The van der Waals surface area contributed by atoms with Gasteiger partial charge in [-0.05, 0) is 46.5 Å². The summed E-state index contributed by atoms with van der Waals surface area (Å²) in [4.78, 5) is 41.4. The molecule has 6 heteroatoms. The molecule has 0 saturated carbocycles. The van der Waals surface area contributed by atoms with E-state index in [0.29, 0.717) is 19.6 Å². The third-order valence-corrected chi connectivity index (χ3v) is 4.39. The van der Waals surface area contributed by atoms with E-state index in [1.54, 1.807) is 16.8 Å². The van der Waals surface area contributed by atoms with Gasteiger partial charge in [-0.1, -0.05) is 13.3 Å². The average molecular weight is 354 g/mol. The van der Waals surface area contributed by atoms with Crippen LogP contribution in [0.5, 0.6) is 0 Å². The van der Waals surface area contributed by atoms with Gasteiger partial charge in [-0.25, -0.2) is 0 Å². The zero-order valence-corrected chi connectivity index (χ0v) is 16.6. The van der Waals surface area contributed by atoms with Crippen molar-refractivity contribution in [3.8, 4) is 0 Å². The number of carbonyl (C=O) groups is 3. The largest absolute Gasteiger partial charge is 0.351 e. The lowest BCUT2D eigenvalue weighted by Gasteiger charge is -2.32. The Morgan fingerprint density at radius 3 is 2.24 bits per heavy atom. The second-order valence-corrected chi connectivity index (χ2v) is 8.05. The Morgan fingerprint density at radius 2 is 1.72 bits per heavy atom. The maximum atomic E-state index is 12.9. The van der Waals surface area contributed by atoms with Gasteiger partial charge in [-0.2, -0.15) is 0 Å². The summed E-state index contributed by atoms with van der Waals surface area (Å²) in [7, 11) is 1.72. The van der Waals surface area contributed by atoms with E-state index >= 15 is 0 Å². The van der Waals surface area contributed by atoms with Crippen molar-refractivity contribution in [3.05, 3.63) is 0 Å². The van der Waals surface area contributed by atoms with Crippen molar-refractivity contribution in [3.63, 3.8) is 0 Å². The molecule has 1 rings (SSSR count). The topological polar surface area (TPSA) is 69.7 Å². The van der Waals surface area contributed by atoms with Gasteiger partial charge in [0.2, 0.25) is 17.7 Å². The highest BCUT2D eigenvalue weighted by Gasteiger charge is 2.35. The van der Waals surface area contributed by atoms with E-state index in [2.05, 4.69) is 12.2 Å². The Labute approximate surface area is 152 Å². The molecule has 3 amide bonds. The molecule has 144 valence electrons. The molecule has 1 N–H and O–H groups in total. The molecule has 0 bridgehead atoms. The molecule has 1 unspecified atom stereocenters. The van der Waals surface area contributed by atoms with Crippen LogP contribution < -0.4 is 5.32 Å². The molecule has 0 aromatic carbocycles. The summed E-state index contributed by atoms with van der Waals surface area (Å²) < 4.78 is 0. The lowest BCUT2D eigenvalue weighted by Crippen LogP contribution is -2.49. The second-order valence-electron chi connectivity index (χ2n) is 8.05. The van der Waals surface area contributed by atoms with Gasteiger partial charge in [0.15, 0.2) is 0 Å². The molecule has 1 saturated heterocycles. The SMILES string of the molecule is CCCCN(C)C(=O)C(CC(=O)NC(C)(C)C)C(=O)N1CCCCC1. The van der Waals surface area contributed by atoms with Crippen molar-refractivity contribution in [1.82, 2.24) is 15.1 Å². The van der Waals surface area contributed by atoms with Gasteiger partial charge in [0.25, 0.3) is 0 Å². The fourth-order valence-corrected chi connectivity index (χ4v) is 3.04. The van der Waals surface area contributed by atoms with E-state index in [0.717, 1.165) is 32.1 Å². The molecular formula is C19H35N3O3. The lowest BCUT2D eigenvalue weighted by atomic mass is 9.98. The minimum atomic E-state index is -0.915. The minimum Gasteiger partial charge on any atom is -0.351 e. The van der Waals surface area contributed by atoms with Gasteiger partial charge in [-0.3, -0.25) is 14.4 Å². The first-order chi connectivity index (χ1) is 11.7. The number of nitrogens with one attached hydrogen (secondary N) is 1. The van der Waals surface area contributed by atoms with Gasteiger partial charge in [0, 0.05) is 38.6 Å². The first kappa shape index (κ1) is 21.5. The Kier molecular flexibility index (Phi) is 8.39. The molecule has 1 aliphatic heterocycles. The highest BCUT2D eigenvalue weighted by Crippen LogP contribution is 2.17. The zero-order chi connectivity index (χ0) is 19.0. The summed E-state index contributed by atoms with van der Waals surface area (Å²) in [5.74, 6) is -1.60. The van der Waals surface area contributed by atoms with Gasteiger partial charge in [0.05, 0.1) is 0 Å².